The molecule has 0 aliphatic heterocycles. The van der Waals surface area contributed by atoms with Crippen molar-refractivity contribution in [2.24, 2.45) is 0 Å². The highest BCUT2D eigenvalue weighted by Crippen LogP contribution is 2.36. The molecule has 0 amide bonds. The first kappa shape index (κ1) is 34.6. The largest absolute Gasteiger partial charge is 0.506 e. The highest BCUT2D eigenvalue weighted by atomic mass is 16.5. The van der Waals surface area contributed by atoms with E-state index in [1.54, 1.807) is 6.07 Å². The molecular weight excluding hydrogens is 592 g/mol. The number of ether oxygens (including phenoxy) is 1. The minimum absolute atomic E-state index is 0. The van der Waals surface area contributed by atoms with Gasteiger partial charge in [-0.3, -0.25) is 4.79 Å². The van der Waals surface area contributed by atoms with Gasteiger partial charge in [-0.1, -0.05) is 78.4 Å². The number of nitrogens with zero attached hydrogens (tertiary/aromatic N) is 6. The van der Waals surface area contributed by atoms with Gasteiger partial charge in [-0.25, -0.2) is 0 Å². The molecule has 0 unspecified atom stereocenters. The van der Waals surface area contributed by atoms with Crippen molar-refractivity contribution in [2.75, 3.05) is 6.61 Å². The number of carbonyl (C=O) groups is 1. The lowest BCUT2D eigenvalue weighted by atomic mass is 9.84. The molecule has 0 fully saturated rings. The fourth-order valence-corrected chi connectivity index (χ4v) is 4.96. The van der Waals surface area contributed by atoms with Gasteiger partial charge in [0.1, 0.15) is 44.9 Å². The third-order valence-corrected chi connectivity index (χ3v) is 7.49. The van der Waals surface area contributed by atoms with Crippen molar-refractivity contribution in [3.63, 3.8) is 0 Å². The first-order valence-electron chi connectivity index (χ1n) is 15.6. The predicted molar refractivity (Wildman–Crippen MR) is 185 cm³/mol. The maximum atomic E-state index is 11.9. The molecule has 0 spiro atoms. The second-order valence-corrected chi connectivity index (χ2v) is 12.1. The number of carbonyl (C=O) groups excluding carboxylic acids is 1. The number of esters is 1. The van der Waals surface area contributed by atoms with Crippen LogP contribution in [0.5, 0.6) is 11.5 Å². The van der Waals surface area contributed by atoms with Gasteiger partial charge in [0.2, 0.25) is 0 Å². The Morgan fingerprint density at radius 1 is 0.745 bits per heavy atom. The minimum Gasteiger partial charge on any atom is -0.506 e. The molecule has 246 valence electrons. The van der Waals surface area contributed by atoms with Crippen LogP contribution in [0.3, 0.4) is 0 Å². The Morgan fingerprint density at radius 3 is 1.74 bits per heavy atom. The molecule has 6 aromatic rings. The first-order chi connectivity index (χ1) is 22.1. The van der Waals surface area contributed by atoms with E-state index in [1.807, 2.05) is 100 Å². The van der Waals surface area contributed by atoms with Crippen LogP contribution in [0.2, 0.25) is 0 Å². The summed E-state index contributed by atoms with van der Waals surface area (Å²) in [5.41, 5.74) is 6.88. The van der Waals surface area contributed by atoms with Crippen LogP contribution in [0.4, 0.5) is 0 Å². The van der Waals surface area contributed by atoms with E-state index < -0.39 is 0 Å². The number of aromatic nitrogens is 6. The second-order valence-electron chi connectivity index (χ2n) is 12.1. The quantitative estimate of drug-likeness (QED) is 0.163. The van der Waals surface area contributed by atoms with E-state index in [-0.39, 0.29) is 30.3 Å². The van der Waals surface area contributed by atoms with Gasteiger partial charge in [0.25, 0.3) is 0 Å². The topological polar surface area (TPSA) is 128 Å². The average Bonchev–Trinajstić information content (AvgIpc) is 3.68. The van der Waals surface area contributed by atoms with Crippen molar-refractivity contribution in [3.05, 3.63) is 95.6 Å². The van der Waals surface area contributed by atoms with Crippen molar-refractivity contribution in [1.29, 1.82) is 0 Å². The summed E-state index contributed by atoms with van der Waals surface area (Å²) in [4.78, 5) is 14.8. The number of hydrogen-bond acceptors (Lipinski definition) is 8. The molecule has 0 radical (unpaired) electrons. The molecule has 0 bridgehead atoms. The minimum atomic E-state index is -0.274. The maximum Gasteiger partial charge on any atom is 0.306 e. The lowest BCUT2D eigenvalue weighted by molar-refractivity contribution is -0.143. The molecule has 0 saturated heterocycles. The SMILES string of the molecule is C.CCCOC(=O)CCc1cc(-n2nc3ccccc3n2)c(O)c(C(C)(C)C)c1.CCc1ccc(O)c(-n2nc3ccccc3n2)c1. The number of aryl methyl sites for hydroxylation is 2. The molecule has 2 heterocycles. The Hall–Kier alpha value is -5.25. The monoisotopic (exact) mass is 636 g/mol. The molecule has 2 aromatic heterocycles. The van der Waals surface area contributed by atoms with Crippen molar-refractivity contribution in [2.45, 2.75) is 73.1 Å². The molecule has 10 nitrogen and oxygen atoms in total. The third kappa shape index (κ3) is 8.13. The molecular formula is C37H44N6O4. The Morgan fingerprint density at radius 2 is 1.26 bits per heavy atom. The standard InChI is InChI=1S/C22H27N3O3.C14H13N3O.CH4/c1-5-12-28-20(26)11-10-15-13-16(22(2,3)4)21(27)19(14-15)25-23-17-8-6-7-9-18(17)24-25;1-2-10-7-8-14(18)13(9-10)17-15-11-5-3-4-6-12(11)16-17;/h6-9,13-14,27H,5,10-12H2,1-4H3;3-9,18H,2H2,1H3;1H4. The number of phenolic OH excluding ortho intramolecular Hbond substituents is 2. The van der Waals surface area contributed by atoms with Gasteiger partial charge in [0.15, 0.2) is 0 Å². The highest BCUT2D eigenvalue weighted by Gasteiger charge is 2.23. The summed E-state index contributed by atoms with van der Waals surface area (Å²) in [6.45, 7) is 10.6. The molecule has 2 N–H and O–H groups in total. The van der Waals surface area contributed by atoms with E-state index in [2.05, 4.69) is 27.3 Å². The Kier molecular flexibility index (Phi) is 11.0. The number of hydrogen-bond donors (Lipinski definition) is 2. The van der Waals surface area contributed by atoms with Crippen LogP contribution in [0.1, 0.15) is 71.6 Å². The van der Waals surface area contributed by atoms with E-state index in [0.29, 0.717) is 30.8 Å². The van der Waals surface area contributed by atoms with Crippen LogP contribution in [-0.4, -0.2) is 52.8 Å². The average molecular weight is 637 g/mol. The fourth-order valence-electron chi connectivity index (χ4n) is 4.96. The van der Waals surface area contributed by atoms with Crippen LogP contribution < -0.4 is 0 Å². The second kappa shape index (κ2) is 14.9. The van der Waals surface area contributed by atoms with Crippen molar-refractivity contribution >= 4 is 28.0 Å². The lowest BCUT2D eigenvalue weighted by Gasteiger charge is -2.23. The van der Waals surface area contributed by atoms with Crippen LogP contribution in [0, 0.1) is 0 Å². The van der Waals surface area contributed by atoms with E-state index in [0.717, 1.165) is 51.6 Å². The zero-order valence-corrected chi connectivity index (χ0v) is 26.9. The Balaban J connectivity index is 0.000000227. The molecule has 0 aliphatic carbocycles. The van der Waals surface area contributed by atoms with Crippen LogP contribution in [-0.2, 0) is 27.8 Å². The van der Waals surface area contributed by atoms with Crippen molar-refractivity contribution in [3.8, 4) is 22.9 Å². The summed E-state index contributed by atoms with van der Waals surface area (Å²) in [5.74, 6) is 0.134. The smallest absolute Gasteiger partial charge is 0.306 e. The van der Waals surface area contributed by atoms with Crippen molar-refractivity contribution < 1.29 is 19.7 Å². The van der Waals surface area contributed by atoms with Gasteiger partial charge in [-0.2, -0.15) is 0 Å². The van der Waals surface area contributed by atoms with E-state index in [1.165, 1.54) is 9.59 Å². The van der Waals surface area contributed by atoms with Gasteiger partial charge >= 0.3 is 5.97 Å². The zero-order valence-electron chi connectivity index (χ0n) is 26.9. The van der Waals surface area contributed by atoms with Gasteiger partial charge in [0, 0.05) is 12.0 Å². The molecule has 0 saturated carbocycles. The number of benzene rings is 4. The zero-order chi connectivity index (χ0) is 32.8. The fraction of sp³-hybridized carbons (Fsp3) is 0.324. The summed E-state index contributed by atoms with van der Waals surface area (Å²) < 4.78 is 5.17. The first-order valence-corrected chi connectivity index (χ1v) is 15.6. The van der Waals surface area contributed by atoms with Crippen LogP contribution in [0.25, 0.3) is 33.4 Å². The summed E-state index contributed by atoms with van der Waals surface area (Å²) in [7, 11) is 0. The number of phenols is 2. The predicted octanol–water partition coefficient (Wildman–Crippen LogP) is 7.63. The summed E-state index contributed by atoms with van der Waals surface area (Å²) in [6.07, 6.45) is 2.54. The summed E-state index contributed by atoms with van der Waals surface area (Å²) in [5, 5.41) is 38.6. The third-order valence-electron chi connectivity index (χ3n) is 7.49. The highest BCUT2D eigenvalue weighted by molar-refractivity contribution is 5.74. The molecule has 0 aliphatic rings. The van der Waals surface area contributed by atoms with Gasteiger partial charge in [-0.05, 0) is 78.3 Å². The molecule has 10 heteroatoms. The van der Waals surface area contributed by atoms with E-state index in [4.69, 9.17) is 4.74 Å². The van der Waals surface area contributed by atoms with Crippen molar-refractivity contribution in [1.82, 2.24) is 30.0 Å². The number of aromatic hydroxyl groups is 2. The normalized spacial score (nSPS) is 11.2. The number of fused-ring (bicyclic) bond motifs is 2. The lowest BCUT2D eigenvalue weighted by Crippen LogP contribution is -2.14. The number of rotatable bonds is 8. The van der Waals surface area contributed by atoms with Gasteiger partial charge in [0.05, 0.1) is 6.61 Å². The Bertz CT molecular complexity index is 1910. The summed E-state index contributed by atoms with van der Waals surface area (Å²) in [6, 6.07) is 24.5. The molecule has 0 atom stereocenters. The van der Waals surface area contributed by atoms with Crippen LogP contribution >= 0.6 is 0 Å². The molecule has 4 aromatic carbocycles. The molecule has 6 rings (SSSR count). The molecule has 47 heavy (non-hydrogen) atoms. The van der Waals surface area contributed by atoms with E-state index >= 15 is 0 Å². The maximum absolute atomic E-state index is 11.9. The summed E-state index contributed by atoms with van der Waals surface area (Å²) >= 11 is 0. The Labute approximate surface area is 275 Å². The van der Waals surface area contributed by atoms with Gasteiger partial charge in [-0.15, -0.1) is 30.0 Å². The van der Waals surface area contributed by atoms with Crippen LogP contribution in [0.15, 0.2) is 78.9 Å². The van der Waals surface area contributed by atoms with Gasteiger partial charge < -0.3 is 14.9 Å². The van der Waals surface area contributed by atoms with E-state index in [9.17, 15) is 15.0 Å².